The standard InChI is InChI=1S/C54H73N15O5/c1-30-46(31(2)65-64-30)42-26-58-35(24-59-42)25-60-50(73)44-16-39(70)29-68(44)51(74)47(53(3,4)5)63-49(72)33-18-54(19-33)20-38(21-54)66-14-12-32(13-15-66)34-22-61-52(62-23-34)69-36-10-11-37(69)28-67(27-36)43(48(56)57)17-41(55)40-8-6-7-9-45(40)71/h6-9,17,22-24,26,32-33,36-39,44,47,70-71H,10-16,18-21,25,27-29,55-57H2,1-5H3,(H,60,73)(H,63,72)(H,64,65)/b41-17-/t33?,36?,37?,38?,39-,44+,47-,54?/m1/s1. The summed E-state index contributed by atoms with van der Waals surface area (Å²) in [5.41, 5.74) is 24.9. The lowest BCUT2D eigenvalue weighted by Gasteiger charge is -2.60. The normalized spacial score (nSPS) is 26.6. The lowest BCUT2D eigenvalue weighted by atomic mass is 9.49. The van der Waals surface area contributed by atoms with Gasteiger partial charge in [0.25, 0.3) is 0 Å². The number of amides is 3. The average Bonchev–Trinajstić information content (AvgIpc) is 4.01. The molecule has 5 atom stereocenters. The molecule has 10 rings (SSSR count). The third-order valence-electron chi connectivity index (χ3n) is 16.9. The molecule has 74 heavy (non-hydrogen) atoms. The quantitative estimate of drug-likeness (QED) is 0.0892. The van der Waals surface area contributed by atoms with Crippen molar-refractivity contribution in [3.8, 4) is 17.0 Å². The van der Waals surface area contributed by atoms with Crippen molar-refractivity contribution in [1.29, 1.82) is 0 Å². The summed E-state index contributed by atoms with van der Waals surface area (Å²) in [4.78, 5) is 69.3. The Morgan fingerprint density at radius 2 is 1.57 bits per heavy atom. The van der Waals surface area contributed by atoms with Crippen molar-refractivity contribution >= 4 is 29.4 Å². The van der Waals surface area contributed by atoms with Crippen LogP contribution in [0.2, 0.25) is 0 Å². The first kappa shape index (κ1) is 50.7. The van der Waals surface area contributed by atoms with E-state index in [1.165, 1.54) is 10.5 Å². The van der Waals surface area contributed by atoms with Crippen LogP contribution in [0.25, 0.3) is 17.0 Å². The van der Waals surface area contributed by atoms with Crippen molar-refractivity contribution in [3.05, 3.63) is 94.9 Å². The monoisotopic (exact) mass is 1010 g/mol. The topological polar surface area (TPSA) is 287 Å². The van der Waals surface area contributed by atoms with E-state index in [0.717, 1.165) is 87.4 Å². The molecule has 3 aromatic heterocycles. The summed E-state index contributed by atoms with van der Waals surface area (Å²) in [5.74, 6) is 0.377. The number of para-hydroxylation sites is 1. The highest BCUT2D eigenvalue weighted by Crippen LogP contribution is 2.60. The Kier molecular flexibility index (Phi) is 13.8. The zero-order valence-electron chi connectivity index (χ0n) is 43.3. The summed E-state index contributed by atoms with van der Waals surface area (Å²) < 4.78 is 0. The molecule has 4 aliphatic heterocycles. The van der Waals surface area contributed by atoms with Gasteiger partial charge in [-0.1, -0.05) is 32.9 Å². The number of phenolic OH excluding ortho intramolecular Hbond substituents is 1. The van der Waals surface area contributed by atoms with Crippen LogP contribution in [0.1, 0.15) is 113 Å². The number of aromatic nitrogens is 6. The number of nitrogens with two attached hydrogens (primary N) is 3. The highest BCUT2D eigenvalue weighted by molar-refractivity contribution is 5.93. The largest absolute Gasteiger partial charge is 0.507 e. The number of piperidine rings is 1. The zero-order chi connectivity index (χ0) is 52.2. The molecule has 20 nitrogen and oxygen atoms in total. The van der Waals surface area contributed by atoms with E-state index in [0.29, 0.717) is 53.4 Å². The average molecular weight is 1010 g/mol. The number of phenols is 1. The lowest BCUT2D eigenvalue weighted by Crippen LogP contribution is -2.62. The van der Waals surface area contributed by atoms with Gasteiger partial charge in [0.2, 0.25) is 23.7 Å². The van der Waals surface area contributed by atoms with Gasteiger partial charge in [-0.3, -0.25) is 29.5 Å². The van der Waals surface area contributed by atoms with Crippen LogP contribution < -0.4 is 32.7 Å². The van der Waals surface area contributed by atoms with Crippen LogP contribution in [-0.2, 0) is 20.9 Å². The molecular formula is C54H73N15O5. The van der Waals surface area contributed by atoms with Crippen LogP contribution in [0.5, 0.6) is 5.75 Å². The number of hydrogen-bond donors (Lipinski definition) is 8. The Balaban J connectivity index is 0.672. The van der Waals surface area contributed by atoms with E-state index in [9.17, 15) is 24.6 Å². The Bertz CT molecular complexity index is 2750. The first-order valence-electron chi connectivity index (χ1n) is 26.3. The van der Waals surface area contributed by atoms with Gasteiger partial charge in [0.1, 0.15) is 23.7 Å². The maximum Gasteiger partial charge on any atom is 0.246 e. The van der Waals surface area contributed by atoms with Crippen LogP contribution in [0.15, 0.2) is 66.6 Å². The molecule has 7 heterocycles. The summed E-state index contributed by atoms with van der Waals surface area (Å²) in [5, 5.41) is 34.3. The van der Waals surface area contributed by atoms with Crippen molar-refractivity contribution < 1.29 is 24.6 Å². The summed E-state index contributed by atoms with van der Waals surface area (Å²) >= 11 is 0. The summed E-state index contributed by atoms with van der Waals surface area (Å²) in [6.45, 7) is 13.1. The number of aromatic amines is 1. The van der Waals surface area contributed by atoms with Crippen molar-refractivity contribution in [2.45, 2.75) is 141 Å². The van der Waals surface area contributed by atoms with Crippen molar-refractivity contribution in [3.63, 3.8) is 0 Å². The number of anilines is 1. The number of carbonyl (C=O) groups is 3. The van der Waals surface area contributed by atoms with Crippen LogP contribution in [0.3, 0.4) is 0 Å². The van der Waals surface area contributed by atoms with Gasteiger partial charge in [-0.25, -0.2) is 9.97 Å². The SMILES string of the molecule is Cc1n[nH]c(C)c1-c1cnc(CNC(=O)[C@@H]2C[C@@H](O)CN2C(=O)[C@@H](NC(=O)C2CC3(C2)CC(N2CCC(c4cnc(N5C6CCC5CN(C(/C=C(\N)c5ccccc5O)=C(N)N)C6)nc4)CC2)C3)C(C)(C)C)cn1. The van der Waals surface area contributed by atoms with E-state index in [2.05, 4.69) is 45.5 Å². The van der Waals surface area contributed by atoms with E-state index in [4.69, 9.17) is 27.2 Å². The minimum atomic E-state index is -0.890. The first-order chi connectivity index (χ1) is 35.3. The predicted octanol–water partition coefficient (Wildman–Crippen LogP) is 3.27. The second-order valence-electron chi connectivity index (χ2n) is 23.1. The van der Waals surface area contributed by atoms with E-state index in [-0.39, 0.29) is 66.3 Å². The number of benzene rings is 1. The van der Waals surface area contributed by atoms with E-state index in [1.54, 1.807) is 36.7 Å². The maximum atomic E-state index is 14.3. The molecule has 3 amide bonds. The zero-order valence-corrected chi connectivity index (χ0v) is 43.3. The number of β-amino-alcohol motifs (C(OH)–C–C–N with tert-alkyl or cyclic N) is 1. The van der Waals surface area contributed by atoms with Gasteiger partial charge in [0.15, 0.2) is 0 Å². The fourth-order valence-electron chi connectivity index (χ4n) is 12.9. The van der Waals surface area contributed by atoms with Crippen molar-refractivity contribution in [2.75, 3.05) is 37.6 Å². The number of likely N-dealkylation sites (tertiary alicyclic amines) is 3. The minimum absolute atomic E-state index is 0.00822. The number of H-pyrrole nitrogens is 1. The van der Waals surface area contributed by atoms with Crippen LogP contribution in [0, 0.1) is 30.6 Å². The first-order valence-corrected chi connectivity index (χ1v) is 26.3. The third-order valence-corrected chi connectivity index (χ3v) is 16.9. The Hall–Kier alpha value is -6.80. The predicted molar refractivity (Wildman–Crippen MR) is 279 cm³/mol. The Morgan fingerprint density at radius 1 is 0.878 bits per heavy atom. The van der Waals surface area contributed by atoms with Gasteiger partial charge < -0.3 is 57.6 Å². The number of aliphatic hydroxyl groups is 1. The number of allylic oxidation sites excluding steroid dienone is 1. The van der Waals surface area contributed by atoms with Gasteiger partial charge in [-0.05, 0) is 119 Å². The summed E-state index contributed by atoms with van der Waals surface area (Å²) in [6.07, 6.45) is 16.2. The molecule has 6 aliphatic rings. The number of hydrogen-bond acceptors (Lipinski definition) is 16. The van der Waals surface area contributed by atoms with Gasteiger partial charge >= 0.3 is 0 Å². The number of piperazine rings is 1. The fourth-order valence-corrected chi connectivity index (χ4v) is 12.9. The van der Waals surface area contributed by atoms with E-state index >= 15 is 0 Å². The molecule has 4 aromatic rings. The molecule has 1 aromatic carbocycles. The van der Waals surface area contributed by atoms with E-state index < -0.39 is 29.5 Å². The van der Waals surface area contributed by atoms with Gasteiger partial charge in [-0.15, -0.1) is 0 Å². The third kappa shape index (κ3) is 10.1. The molecule has 2 bridgehead atoms. The van der Waals surface area contributed by atoms with Crippen LogP contribution in [0.4, 0.5) is 5.95 Å². The molecule has 2 aliphatic carbocycles. The molecule has 4 saturated heterocycles. The second kappa shape index (κ2) is 20.1. The highest BCUT2D eigenvalue weighted by atomic mass is 16.3. The van der Waals surface area contributed by atoms with Gasteiger partial charge in [0, 0.05) is 85.0 Å². The number of aliphatic hydroxyl groups excluding tert-OH is 1. The summed E-state index contributed by atoms with van der Waals surface area (Å²) in [7, 11) is 0. The molecule has 2 unspecified atom stereocenters. The Morgan fingerprint density at radius 3 is 2.18 bits per heavy atom. The number of nitrogens with one attached hydrogen (secondary N) is 3. The maximum absolute atomic E-state index is 14.3. The van der Waals surface area contributed by atoms with Crippen molar-refractivity contribution in [2.24, 2.45) is 33.9 Å². The van der Waals surface area contributed by atoms with Crippen LogP contribution in [-0.4, -0.2) is 142 Å². The van der Waals surface area contributed by atoms with E-state index in [1.807, 2.05) is 53.1 Å². The fraction of sp³-hybridized carbons (Fsp3) is 0.556. The molecule has 1 spiro atoms. The summed E-state index contributed by atoms with van der Waals surface area (Å²) in [6, 6.07) is 6.08. The number of aromatic hydroxyl groups is 1. The smallest absolute Gasteiger partial charge is 0.246 e. The number of rotatable bonds is 13. The number of fused-ring (bicyclic) bond motifs is 2. The number of carbonyl (C=O) groups excluding carboxylic acids is 3. The highest BCUT2D eigenvalue weighted by Gasteiger charge is 2.57. The number of nitrogens with zero attached hydrogens (tertiary/aromatic N) is 9. The number of aryl methyl sites for hydroxylation is 2. The molecule has 20 heteroatoms. The molecule has 11 N–H and O–H groups in total. The minimum Gasteiger partial charge on any atom is -0.507 e. The van der Waals surface area contributed by atoms with Crippen molar-refractivity contribution in [1.82, 2.24) is 55.5 Å². The second-order valence-corrected chi connectivity index (χ2v) is 23.1. The molecule has 0 radical (unpaired) electrons. The molecular weight excluding hydrogens is 939 g/mol. The molecule has 394 valence electrons. The molecule has 6 fully saturated rings. The lowest BCUT2D eigenvalue weighted by molar-refractivity contribution is -0.150. The van der Waals surface area contributed by atoms with Gasteiger partial charge in [-0.2, -0.15) is 5.10 Å². The molecule has 2 saturated carbocycles. The van der Waals surface area contributed by atoms with Gasteiger partial charge in [0.05, 0.1) is 47.8 Å². The Labute approximate surface area is 432 Å². The van der Waals surface area contributed by atoms with Crippen LogP contribution >= 0.6 is 0 Å².